The third-order valence-electron chi connectivity index (χ3n) is 1.21. The molecule has 0 bridgehead atoms. The molecule has 0 saturated carbocycles. The maximum atomic E-state index is 10.3. The molecule has 0 amide bonds. The van der Waals surface area contributed by atoms with Crippen LogP contribution in [0.25, 0.3) is 0 Å². The summed E-state index contributed by atoms with van der Waals surface area (Å²) in [5, 5.41) is 0. The van der Waals surface area contributed by atoms with Crippen molar-refractivity contribution in [3.05, 3.63) is 36.0 Å². The monoisotopic (exact) mass is 146 g/mol. The smallest absolute Gasteiger partial charge is 0.146 e. The van der Waals surface area contributed by atoms with E-state index in [-0.39, 0.29) is 0 Å². The van der Waals surface area contributed by atoms with E-state index < -0.39 is 0 Å². The Morgan fingerprint density at radius 1 is 1.64 bits per heavy atom. The van der Waals surface area contributed by atoms with Crippen molar-refractivity contribution in [1.82, 2.24) is 0 Å². The molecule has 0 heterocycles. The molecule has 0 atom stereocenters. The molecule has 0 unspecified atom stereocenters. The van der Waals surface area contributed by atoms with E-state index in [0.29, 0.717) is 5.57 Å². The summed E-state index contributed by atoms with van der Waals surface area (Å²) in [6, 6.07) is 0. The maximum Gasteiger partial charge on any atom is 0.146 e. The average molecular weight is 146 g/mol. The molecule has 0 spiro atoms. The van der Waals surface area contributed by atoms with Crippen molar-refractivity contribution in [1.29, 1.82) is 0 Å². The third kappa shape index (κ3) is 3.22. The Morgan fingerprint density at radius 3 is 2.64 bits per heavy atom. The zero-order valence-electron chi connectivity index (χ0n) is 6.50. The molecule has 0 aromatic heterocycles. The van der Waals surface area contributed by atoms with Gasteiger partial charge in [0.15, 0.2) is 0 Å². The van der Waals surface area contributed by atoms with Crippen LogP contribution >= 0.6 is 0 Å². The van der Waals surface area contributed by atoms with Crippen LogP contribution in [0.2, 0.25) is 0 Å². The van der Waals surface area contributed by atoms with E-state index in [2.05, 4.69) is 12.5 Å². The molecular formula is C10H10O. The van der Waals surface area contributed by atoms with Crippen LogP contribution in [0, 0.1) is 12.3 Å². The topological polar surface area (TPSA) is 17.1 Å². The van der Waals surface area contributed by atoms with Gasteiger partial charge in [0, 0.05) is 0 Å². The van der Waals surface area contributed by atoms with Gasteiger partial charge in [-0.3, -0.25) is 4.79 Å². The molecule has 0 aliphatic heterocycles. The first kappa shape index (κ1) is 9.45. The predicted molar refractivity (Wildman–Crippen MR) is 46.9 cm³/mol. The van der Waals surface area contributed by atoms with Crippen molar-refractivity contribution in [2.75, 3.05) is 0 Å². The summed E-state index contributed by atoms with van der Waals surface area (Å²) in [7, 11) is 0. The molecule has 0 saturated heterocycles. The lowest BCUT2D eigenvalue weighted by Gasteiger charge is -1.92. The van der Waals surface area contributed by atoms with Gasteiger partial charge in [0.25, 0.3) is 0 Å². The summed E-state index contributed by atoms with van der Waals surface area (Å²) in [4.78, 5) is 10.3. The van der Waals surface area contributed by atoms with Crippen LogP contribution in [0.4, 0.5) is 0 Å². The first-order valence-corrected chi connectivity index (χ1v) is 3.17. The highest BCUT2D eigenvalue weighted by molar-refractivity contribution is 5.75. The zero-order chi connectivity index (χ0) is 8.69. The van der Waals surface area contributed by atoms with E-state index >= 15 is 0 Å². The summed E-state index contributed by atoms with van der Waals surface area (Å²) >= 11 is 0. The van der Waals surface area contributed by atoms with Crippen LogP contribution in [0.15, 0.2) is 36.0 Å². The van der Waals surface area contributed by atoms with Crippen molar-refractivity contribution in [2.24, 2.45) is 0 Å². The van der Waals surface area contributed by atoms with E-state index in [1.54, 1.807) is 19.1 Å². The summed E-state index contributed by atoms with van der Waals surface area (Å²) in [5.41, 5.74) is 1.39. The highest BCUT2D eigenvalue weighted by atomic mass is 16.1. The van der Waals surface area contributed by atoms with E-state index in [4.69, 9.17) is 6.42 Å². The van der Waals surface area contributed by atoms with Gasteiger partial charge in [-0.25, -0.2) is 0 Å². The summed E-state index contributed by atoms with van der Waals surface area (Å²) < 4.78 is 0. The standard InChI is InChI=1S/C10H10O/c1-4-6-7-10(5-2)9(3)8-11/h1,5-8H,2H2,3H3/b7-6-,10-9+. The first-order chi connectivity index (χ1) is 5.26. The fourth-order valence-corrected chi connectivity index (χ4v) is 0.566. The molecule has 11 heavy (non-hydrogen) atoms. The Morgan fingerprint density at radius 2 is 2.27 bits per heavy atom. The minimum absolute atomic E-state index is 0.631. The molecule has 0 aromatic rings. The molecule has 1 heteroatoms. The van der Waals surface area contributed by atoms with Gasteiger partial charge in [-0.15, -0.1) is 6.42 Å². The minimum atomic E-state index is 0.631. The zero-order valence-corrected chi connectivity index (χ0v) is 6.50. The number of aldehydes is 1. The van der Waals surface area contributed by atoms with Gasteiger partial charge in [-0.2, -0.15) is 0 Å². The Bertz CT molecular complexity index is 249. The lowest BCUT2D eigenvalue weighted by Crippen LogP contribution is -1.82. The van der Waals surface area contributed by atoms with Gasteiger partial charge in [-0.05, 0) is 30.2 Å². The van der Waals surface area contributed by atoms with Crippen molar-refractivity contribution < 1.29 is 4.79 Å². The molecule has 0 N–H and O–H groups in total. The number of carbonyl (C=O) groups is 1. The Labute approximate surface area is 67.1 Å². The van der Waals surface area contributed by atoms with Crippen LogP contribution < -0.4 is 0 Å². The second kappa shape index (κ2) is 5.25. The molecule has 1 nitrogen and oxygen atoms in total. The first-order valence-electron chi connectivity index (χ1n) is 3.17. The average Bonchev–Trinajstić information content (AvgIpc) is 2.05. The molecule has 0 fully saturated rings. The minimum Gasteiger partial charge on any atom is -0.298 e. The molecule has 0 aromatic carbocycles. The largest absolute Gasteiger partial charge is 0.298 e. The van der Waals surface area contributed by atoms with Crippen molar-refractivity contribution >= 4 is 6.29 Å². The number of allylic oxidation sites excluding steroid dienone is 5. The molecule has 0 radical (unpaired) electrons. The Kier molecular flexibility index (Phi) is 4.51. The summed E-state index contributed by atoms with van der Waals surface area (Å²) in [6.45, 7) is 5.26. The normalized spacial score (nSPS) is 12.0. The second-order valence-corrected chi connectivity index (χ2v) is 1.96. The van der Waals surface area contributed by atoms with Crippen molar-refractivity contribution in [3.63, 3.8) is 0 Å². The number of carbonyl (C=O) groups excluding carboxylic acids is 1. The quantitative estimate of drug-likeness (QED) is 0.257. The van der Waals surface area contributed by atoms with Crippen LogP contribution in [0.5, 0.6) is 0 Å². The SMILES string of the molecule is C#C/C=C\C(C=C)=C(/C)C=O. The van der Waals surface area contributed by atoms with E-state index in [1.807, 2.05) is 0 Å². The van der Waals surface area contributed by atoms with E-state index in [1.165, 1.54) is 6.08 Å². The maximum absolute atomic E-state index is 10.3. The second-order valence-electron chi connectivity index (χ2n) is 1.96. The van der Waals surface area contributed by atoms with E-state index in [0.717, 1.165) is 11.9 Å². The molecule has 0 aliphatic carbocycles. The third-order valence-corrected chi connectivity index (χ3v) is 1.21. The van der Waals surface area contributed by atoms with Crippen molar-refractivity contribution in [3.8, 4) is 12.3 Å². The predicted octanol–water partition coefficient (Wildman–Crippen LogP) is 1.88. The Balaban J connectivity index is 4.68. The fraction of sp³-hybridized carbons (Fsp3) is 0.100. The molecule has 0 rings (SSSR count). The fourth-order valence-electron chi connectivity index (χ4n) is 0.566. The van der Waals surface area contributed by atoms with Crippen LogP contribution in [-0.2, 0) is 4.79 Å². The number of hydrogen-bond donors (Lipinski definition) is 0. The summed E-state index contributed by atoms with van der Waals surface area (Å²) in [6.07, 6.45) is 10.6. The highest BCUT2D eigenvalue weighted by Gasteiger charge is 1.90. The van der Waals surface area contributed by atoms with Crippen LogP contribution in [0.1, 0.15) is 6.92 Å². The summed E-state index contributed by atoms with van der Waals surface area (Å²) in [5.74, 6) is 2.33. The van der Waals surface area contributed by atoms with Gasteiger partial charge in [0.05, 0.1) is 0 Å². The highest BCUT2D eigenvalue weighted by Crippen LogP contribution is 2.03. The van der Waals surface area contributed by atoms with Crippen molar-refractivity contribution in [2.45, 2.75) is 6.92 Å². The number of rotatable bonds is 3. The number of terminal acetylenes is 1. The van der Waals surface area contributed by atoms with Gasteiger partial charge in [-0.1, -0.05) is 18.6 Å². The van der Waals surface area contributed by atoms with Gasteiger partial charge >= 0.3 is 0 Å². The lowest BCUT2D eigenvalue weighted by atomic mass is 10.1. The molecular weight excluding hydrogens is 136 g/mol. The van der Waals surface area contributed by atoms with Crippen LogP contribution in [-0.4, -0.2) is 6.29 Å². The van der Waals surface area contributed by atoms with Gasteiger partial charge in [0.1, 0.15) is 6.29 Å². The number of hydrogen-bond acceptors (Lipinski definition) is 1. The lowest BCUT2D eigenvalue weighted by molar-refractivity contribution is -0.104. The van der Waals surface area contributed by atoms with E-state index in [9.17, 15) is 4.79 Å². The van der Waals surface area contributed by atoms with Gasteiger partial charge < -0.3 is 0 Å². The molecule has 56 valence electrons. The van der Waals surface area contributed by atoms with Gasteiger partial charge in [0.2, 0.25) is 0 Å². The Hall–Kier alpha value is -1.55. The molecule has 0 aliphatic rings. The van der Waals surface area contributed by atoms with Crippen LogP contribution in [0.3, 0.4) is 0 Å².